The topological polar surface area (TPSA) is 152 Å². The molecule has 4 aromatic rings. The van der Waals surface area contributed by atoms with E-state index in [2.05, 4.69) is 10.4 Å². The van der Waals surface area contributed by atoms with Crippen LogP contribution in [0, 0.1) is 0 Å². The number of ether oxygens (including phenoxy) is 1. The number of nitrogens with one attached hydrogen (secondary N) is 1. The molecule has 2 heterocycles. The van der Waals surface area contributed by atoms with Gasteiger partial charge in [-0.25, -0.2) is 18.2 Å². The Bertz CT molecular complexity index is 1590. The standard InChI is InChI=1S/C26H29N4O7PS2/c1-4-36-38(32,37-5-2)26(18-6-10-21(35-3)11-7-18)28-25(31)23-16-24(19-14-15-39-17-19)30(29-23)20-8-12-22(13-9-20)40(27,33)34/h6-17,26H,4-5H2,1-3H3,(H,28,31)(H2,27,33,34). The number of amides is 1. The molecular formula is C26H29N4O7PS2. The van der Waals surface area contributed by atoms with Crippen molar-refractivity contribution in [2.24, 2.45) is 5.14 Å². The van der Waals surface area contributed by atoms with Crippen molar-refractivity contribution >= 4 is 34.9 Å². The highest BCUT2D eigenvalue weighted by Crippen LogP contribution is 2.59. The van der Waals surface area contributed by atoms with Gasteiger partial charge in [-0.15, -0.1) is 0 Å². The summed E-state index contributed by atoms with van der Waals surface area (Å²) in [6.45, 7) is 3.58. The van der Waals surface area contributed by atoms with Crippen LogP contribution < -0.4 is 15.2 Å². The van der Waals surface area contributed by atoms with E-state index in [-0.39, 0.29) is 23.8 Å². The molecule has 1 amide bonds. The molecule has 4 rings (SSSR count). The number of primary sulfonamides is 1. The lowest BCUT2D eigenvalue weighted by Crippen LogP contribution is -2.30. The monoisotopic (exact) mass is 604 g/mol. The Labute approximate surface area is 236 Å². The van der Waals surface area contributed by atoms with Crippen LogP contribution in [0.4, 0.5) is 0 Å². The molecule has 2 aromatic heterocycles. The molecule has 11 nitrogen and oxygen atoms in total. The van der Waals surface area contributed by atoms with Gasteiger partial charge in [-0.2, -0.15) is 16.4 Å². The van der Waals surface area contributed by atoms with Gasteiger partial charge in [-0.05, 0) is 73.3 Å². The zero-order valence-corrected chi connectivity index (χ0v) is 24.5. The van der Waals surface area contributed by atoms with Crippen LogP contribution in [0.1, 0.15) is 35.7 Å². The van der Waals surface area contributed by atoms with Crippen LogP contribution in [0.15, 0.2) is 76.3 Å². The lowest BCUT2D eigenvalue weighted by molar-refractivity contribution is 0.0931. The third kappa shape index (κ3) is 6.52. The molecule has 1 atom stereocenters. The number of sulfonamides is 1. The first-order valence-electron chi connectivity index (χ1n) is 12.2. The molecule has 0 bridgehead atoms. The highest BCUT2D eigenvalue weighted by atomic mass is 32.2. The minimum atomic E-state index is -3.88. The second-order valence-corrected chi connectivity index (χ2v) is 12.9. The molecule has 3 N–H and O–H groups in total. The van der Waals surface area contributed by atoms with Crippen molar-refractivity contribution in [3.8, 4) is 22.7 Å². The Morgan fingerprint density at radius 1 is 1.07 bits per heavy atom. The van der Waals surface area contributed by atoms with Crippen LogP contribution in [-0.4, -0.2) is 44.4 Å². The Morgan fingerprint density at radius 3 is 2.25 bits per heavy atom. The summed E-state index contributed by atoms with van der Waals surface area (Å²) >= 11 is 1.47. The van der Waals surface area contributed by atoms with Crippen LogP contribution in [0.2, 0.25) is 0 Å². The molecule has 0 aliphatic carbocycles. The summed E-state index contributed by atoms with van der Waals surface area (Å²) in [6.07, 6.45) is 0. The minimum absolute atomic E-state index is 0.0368. The van der Waals surface area contributed by atoms with Crippen LogP contribution in [-0.2, 0) is 23.6 Å². The fourth-order valence-electron chi connectivity index (χ4n) is 3.96. The summed E-state index contributed by atoms with van der Waals surface area (Å²) in [5.41, 5.74) is 2.43. The van der Waals surface area contributed by atoms with Crippen LogP contribution in [0.3, 0.4) is 0 Å². The molecular weight excluding hydrogens is 575 g/mol. The van der Waals surface area contributed by atoms with Crippen molar-refractivity contribution in [3.63, 3.8) is 0 Å². The first-order chi connectivity index (χ1) is 19.1. The maximum atomic E-state index is 13.9. The Kier molecular flexibility index (Phi) is 9.24. The van der Waals surface area contributed by atoms with Crippen molar-refractivity contribution in [1.82, 2.24) is 15.1 Å². The molecule has 0 saturated carbocycles. The van der Waals surface area contributed by atoms with Gasteiger partial charge in [0.2, 0.25) is 10.0 Å². The smallest absolute Gasteiger partial charge is 0.357 e. The SMILES string of the molecule is CCOP(=O)(OCC)C(NC(=O)c1cc(-c2ccsc2)n(-c2ccc(S(N)(=O)=O)cc2)n1)c1ccc(OC)cc1. The highest BCUT2D eigenvalue weighted by Gasteiger charge is 2.39. The van der Waals surface area contributed by atoms with Crippen molar-refractivity contribution in [2.75, 3.05) is 20.3 Å². The number of hydrogen-bond donors (Lipinski definition) is 2. The van der Waals surface area contributed by atoms with Gasteiger partial charge in [0.1, 0.15) is 5.75 Å². The number of methoxy groups -OCH3 is 1. The predicted octanol–water partition coefficient (Wildman–Crippen LogP) is 4.95. The van der Waals surface area contributed by atoms with E-state index in [0.29, 0.717) is 22.7 Å². The summed E-state index contributed by atoms with van der Waals surface area (Å²) in [6, 6.07) is 16.0. The summed E-state index contributed by atoms with van der Waals surface area (Å²) in [5.74, 6) is -1.16. The van der Waals surface area contributed by atoms with Crippen molar-refractivity contribution in [2.45, 2.75) is 24.5 Å². The number of carbonyl (C=O) groups excluding carboxylic acids is 1. The number of nitrogens with two attached hydrogens (primary N) is 1. The fraction of sp³-hybridized carbons (Fsp3) is 0.231. The van der Waals surface area contributed by atoms with Gasteiger partial charge in [0.25, 0.3) is 5.91 Å². The zero-order chi connectivity index (χ0) is 28.9. The molecule has 0 radical (unpaired) electrons. The summed E-state index contributed by atoms with van der Waals surface area (Å²) < 4.78 is 55.2. The number of rotatable bonds is 12. The molecule has 0 aliphatic heterocycles. The van der Waals surface area contributed by atoms with E-state index < -0.39 is 29.3 Å². The Balaban J connectivity index is 1.75. The van der Waals surface area contributed by atoms with Gasteiger partial charge in [-0.3, -0.25) is 9.36 Å². The van der Waals surface area contributed by atoms with Gasteiger partial charge in [-0.1, -0.05) is 12.1 Å². The van der Waals surface area contributed by atoms with Crippen molar-refractivity contribution in [3.05, 3.63) is 82.7 Å². The van der Waals surface area contributed by atoms with E-state index in [1.54, 1.807) is 56.3 Å². The van der Waals surface area contributed by atoms with Crippen molar-refractivity contribution in [1.29, 1.82) is 0 Å². The van der Waals surface area contributed by atoms with Gasteiger partial charge < -0.3 is 19.1 Å². The second-order valence-electron chi connectivity index (χ2n) is 8.40. The number of thiophene rings is 1. The van der Waals surface area contributed by atoms with E-state index >= 15 is 0 Å². The second kappa shape index (κ2) is 12.5. The summed E-state index contributed by atoms with van der Waals surface area (Å²) in [4.78, 5) is 13.6. The third-order valence-corrected chi connectivity index (χ3v) is 9.71. The summed E-state index contributed by atoms with van der Waals surface area (Å²) in [7, 11) is -6.21. The van der Waals surface area contributed by atoms with E-state index in [1.807, 2.05) is 16.8 Å². The van der Waals surface area contributed by atoms with E-state index in [0.717, 1.165) is 5.56 Å². The molecule has 0 saturated heterocycles. The molecule has 1 unspecified atom stereocenters. The van der Waals surface area contributed by atoms with Crippen LogP contribution >= 0.6 is 18.9 Å². The lowest BCUT2D eigenvalue weighted by atomic mass is 10.2. The normalized spacial score (nSPS) is 12.7. The van der Waals surface area contributed by atoms with E-state index in [1.165, 1.54) is 35.3 Å². The van der Waals surface area contributed by atoms with Gasteiger partial charge in [0.15, 0.2) is 11.5 Å². The largest absolute Gasteiger partial charge is 0.497 e. The Hall–Kier alpha value is -3.32. The number of benzene rings is 2. The number of carbonyl (C=O) groups is 1. The van der Waals surface area contributed by atoms with Crippen LogP contribution in [0.5, 0.6) is 5.75 Å². The first-order valence-corrected chi connectivity index (χ1v) is 16.3. The van der Waals surface area contributed by atoms with E-state index in [9.17, 15) is 17.8 Å². The van der Waals surface area contributed by atoms with Gasteiger partial charge >= 0.3 is 7.60 Å². The molecule has 14 heteroatoms. The van der Waals surface area contributed by atoms with Gasteiger partial charge in [0.05, 0.1) is 36.6 Å². The first kappa shape index (κ1) is 29.7. The zero-order valence-electron chi connectivity index (χ0n) is 22.0. The number of nitrogens with zero attached hydrogens (tertiary/aromatic N) is 2. The molecule has 0 aliphatic rings. The highest BCUT2D eigenvalue weighted by molar-refractivity contribution is 7.89. The Morgan fingerprint density at radius 2 is 1.73 bits per heavy atom. The van der Waals surface area contributed by atoms with Crippen LogP contribution in [0.25, 0.3) is 16.9 Å². The molecule has 0 spiro atoms. The van der Waals surface area contributed by atoms with Gasteiger partial charge in [0, 0.05) is 10.9 Å². The molecule has 40 heavy (non-hydrogen) atoms. The lowest BCUT2D eigenvalue weighted by Gasteiger charge is -2.27. The summed E-state index contributed by atoms with van der Waals surface area (Å²) in [5, 5.41) is 16.3. The fourth-order valence-corrected chi connectivity index (χ4v) is 7.03. The number of aromatic nitrogens is 2. The van der Waals surface area contributed by atoms with E-state index in [4.69, 9.17) is 18.9 Å². The predicted molar refractivity (Wildman–Crippen MR) is 152 cm³/mol. The molecule has 0 fully saturated rings. The maximum absolute atomic E-state index is 13.9. The molecule has 212 valence electrons. The quantitative estimate of drug-likeness (QED) is 0.216. The molecule has 2 aromatic carbocycles. The number of hydrogen-bond acceptors (Lipinski definition) is 9. The minimum Gasteiger partial charge on any atom is -0.497 e. The average Bonchev–Trinajstić information content (AvgIpc) is 3.62. The third-order valence-electron chi connectivity index (χ3n) is 5.80. The average molecular weight is 605 g/mol. The maximum Gasteiger partial charge on any atom is 0.357 e. The van der Waals surface area contributed by atoms with Crippen molar-refractivity contribution < 1.29 is 31.6 Å².